The fraction of sp³-hybridized carbons (Fsp3) is 0. The molecule has 14 heavy (non-hydrogen) atoms. The molecule has 0 unspecified atom stereocenters. The van der Waals surface area contributed by atoms with Gasteiger partial charge < -0.3 is 10.8 Å². The molecule has 1 aromatic rings. The molecule has 0 aliphatic rings. The second kappa shape index (κ2) is 3.78. The number of nitrogens with zero attached hydrogens (tertiary/aromatic N) is 1. The van der Waals surface area contributed by atoms with Gasteiger partial charge >= 0.3 is 5.69 Å². The fourth-order valence-electron chi connectivity index (χ4n) is 0.866. The smallest absolute Gasteiger partial charge is 0.312 e. The number of primary amides is 1. The van der Waals surface area contributed by atoms with Gasteiger partial charge in [0.2, 0.25) is 11.7 Å². The van der Waals surface area contributed by atoms with Crippen LogP contribution in [0.3, 0.4) is 0 Å². The van der Waals surface area contributed by atoms with Crippen molar-refractivity contribution in [1.29, 1.82) is 0 Å². The number of carbonyl (C=O) groups excluding carboxylic acids is 1. The van der Waals surface area contributed by atoms with Crippen molar-refractivity contribution >= 4 is 34.2 Å². The molecule has 0 spiro atoms. The zero-order valence-corrected chi connectivity index (χ0v) is 8.89. The first-order valence-electron chi connectivity index (χ1n) is 3.40. The van der Waals surface area contributed by atoms with Gasteiger partial charge in [0.1, 0.15) is 0 Å². The van der Waals surface area contributed by atoms with Crippen LogP contribution in [0.2, 0.25) is 0 Å². The summed E-state index contributed by atoms with van der Waals surface area (Å²) in [7, 11) is 0. The van der Waals surface area contributed by atoms with Crippen molar-refractivity contribution in [2.45, 2.75) is 0 Å². The summed E-state index contributed by atoms with van der Waals surface area (Å²) in [4.78, 5) is 20.4. The lowest BCUT2D eigenvalue weighted by Gasteiger charge is -2.01. The third kappa shape index (κ3) is 1.92. The van der Waals surface area contributed by atoms with Gasteiger partial charge in [0.05, 0.1) is 8.49 Å². The molecule has 7 heteroatoms. The molecular weight excluding hydrogens is 303 g/mol. The quantitative estimate of drug-likeness (QED) is 0.483. The monoisotopic (exact) mass is 308 g/mol. The first-order valence-corrected chi connectivity index (χ1v) is 4.48. The van der Waals surface area contributed by atoms with Gasteiger partial charge in [-0.2, -0.15) is 0 Å². The van der Waals surface area contributed by atoms with Gasteiger partial charge in [-0.25, -0.2) is 0 Å². The van der Waals surface area contributed by atoms with Gasteiger partial charge in [-0.05, 0) is 28.7 Å². The van der Waals surface area contributed by atoms with E-state index >= 15 is 0 Å². The molecule has 1 amide bonds. The van der Waals surface area contributed by atoms with Gasteiger partial charge in [-0.1, -0.05) is 0 Å². The number of halogens is 1. The minimum atomic E-state index is -0.774. The molecule has 0 bridgehead atoms. The number of benzene rings is 1. The Balaban J connectivity index is 3.43. The standard InChI is InChI=1S/C7H5IN2O4/c8-4-1-3(7(9)12)2-5(6(4)11)10(13)14/h1-2,11H,(H2,9,12). The molecular formula is C7H5IN2O4. The molecule has 0 saturated heterocycles. The number of nitro benzene ring substituents is 1. The van der Waals surface area contributed by atoms with Crippen molar-refractivity contribution in [3.05, 3.63) is 31.4 Å². The summed E-state index contributed by atoms with van der Waals surface area (Å²) >= 11 is 1.68. The maximum absolute atomic E-state index is 10.8. The van der Waals surface area contributed by atoms with E-state index in [0.29, 0.717) is 0 Å². The van der Waals surface area contributed by atoms with E-state index in [9.17, 15) is 20.0 Å². The van der Waals surface area contributed by atoms with Crippen LogP contribution in [0.5, 0.6) is 5.75 Å². The molecule has 0 heterocycles. The maximum atomic E-state index is 10.8. The molecule has 0 saturated carbocycles. The van der Waals surface area contributed by atoms with Gasteiger partial charge in [-0.15, -0.1) is 0 Å². The summed E-state index contributed by atoms with van der Waals surface area (Å²) in [5.74, 6) is -1.23. The highest BCUT2D eigenvalue weighted by molar-refractivity contribution is 14.1. The molecule has 1 aromatic carbocycles. The van der Waals surface area contributed by atoms with Gasteiger partial charge in [0.25, 0.3) is 0 Å². The Morgan fingerprint density at radius 1 is 1.57 bits per heavy atom. The first-order chi connectivity index (χ1) is 6.43. The Morgan fingerprint density at radius 3 is 2.57 bits per heavy atom. The van der Waals surface area contributed by atoms with Crippen molar-refractivity contribution in [3.63, 3.8) is 0 Å². The van der Waals surface area contributed by atoms with Crippen molar-refractivity contribution < 1.29 is 14.8 Å². The van der Waals surface area contributed by atoms with Crippen LogP contribution >= 0.6 is 22.6 Å². The number of hydrogen-bond acceptors (Lipinski definition) is 4. The lowest BCUT2D eigenvalue weighted by Crippen LogP contribution is -2.11. The van der Waals surface area contributed by atoms with E-state index in [2.05, 4.69) is 0 Å². The highest BCUT2D eigenvalue weighted by atomic mass is 127. The Kier molecular flexibility index (Phi) is 2.89. The van der Waals surface area contributed by atoms with E-state index in [4.69, 9.17) is 5.73 Å². The zero-order valence-electron chi connectivity index (χ0n) is 6.73. The molecule has 6 nitrogen and oxygen atoms in total. The van der Waals surface area contributed by atoms with E-state index < -0.39 is 22.3 Å². The topological polar surface area (TPSA) is 106 Å². The predicted molar refractivity (Wildman–Crippen MR) is 56.0 cm³/mol. The summed E-state index contributed by atoms with van der Waals surface area (Å²) in [6.07, 6.45) is 0. The van der Waals surface area contributed by atoms with E-state index in [1.54, 1.807) is 22.6 Å². The number of phenolic OH excluding ortho intramolecular Hbond substituents is 1. The van der Waals surface area contributed by atoms with Crippen LogP contribution in [0.25, 0.3) is 0 Å². The molecule has 0 atom stereocenters. The number of nitro groups is 1. The number of rotatable bonds is 2. The van der Waals surface area contributed by atoms with Crippen LogP contribution in [0.15, 0.2) is 12.1 Å². The molecule has 0 fully saturated rings. The first kappa shape index (κ1) is 10.7. The molecule has 0 aromatic heterocycles. The number of carbonyl (C=O) groups is 1. The molecule has 3 N–H and O–H groups in total. The number of phenols is 1. The average Bonchev–Trinajstić information content (AvgIpc) is 2.08. The Hall–Kier alpha value is -1.38. The number of aromatic hydroxyl groups is 1. The summed E-state index contributed by atoms with van der Waals surface area (Å²) in [5.41, 5.74) is 4.43. The number of hydrogen-bond donors (Lipinski definition) is 2. The Morgan fingerprint density at radius 2 is 2.14 bits per heavy atom. The fourth-order valence-corrected chi connectivity index (χ4v) is 1.48. The summed E-state index contributed by atoms with van der Waals surface area (Å²) < 4.78 is 0.214. The molecule has 74 valence electrons. The van der Waals surface area contributed by atoms with Gasteiger partial charge in [0, 0.05) is 11.6 Å². The molecule has 0 radical (unpaired) electrons. The normalized spacial score (nSPS) is 9.79. The van der Waals surface area contributed by atoms with E-state index in [-0.39, 0.29) is 9.13 Å². The Labute approximate surface area is 92.0 Å². The van der Waals surface area contributed by atoms with Gasteiger partial charge in [0.15, 0.2) is 0 Å². The van der Waals surface area contributed by atoms with Crippen molar-refractivity contribution in [2.75, 3.05) is 0 Å². The summed E-state index contributed by atoms with van der Waals surface area (Å²) in [6, 6.07) is 2.23. The van der Waals surface area contributed by atoms with Crippen LogP contribution in [-0.2, 0) is 0 Å². The SMILES string of the molecule is NC(=O)c1cc(I)c(O)c([N+](=O)[O-])c1. The van der Waals surface area contributed by atoms with Crippen LogP contribution in [0.4, 0.5) is 5.69 Å². The predicted octanol–water partition coefficient (Wildman–Crippen LogP) is 1.00. The summed E-state index contributed by atoms with van der Waals surface area (Å²) in [6.45, 7) is 0. The highest BCUT2D eigenvalue weighted by Gasteiger charge is 2.19. The molecule has 0 aliphatic heterocycles. The van der Waals surface area contributed by atoms with E-state index in [1.165, 1.54) is 6.07 Å². The zero-order chi connectivity index (χ0) is 10.9. The van der Waals surface area contributed by atoms with Crippen LogP contribution in [0.1, 0.15) is 10.4 Å². The number of nitrogens with two attached hydrogens (primary N) is 1. The maximum Gasteiger partial charge on any atom is 0.312 e. The van der Waals surface area contributed by atoms with Crippen molar-refractivity contribution in [1.82, 2.24) is 0 Å². The Bertz CT molecular complexity index is 418. The molecule has 0 aliphatic carbocycles. The molecule has 1 rings (SSSR count). The lowest BCUT2D eigenvalue weighted by molar-refractivity contribution is -0.386. The third-order valence-corrected chi connectivity index (χ3v) is 2.35. The van der Waals surface area contributed by atoms with Crippen LogP contribution < -0.4 is 5.73 Å². The average molecular weight is 308 g/mol. The van der Waals surface area contributed by atoms with Crippen LogP contribution in [0, 0.1) is 13.7 Å². The second-order valence-corrected chi connectivity index (χ2v) is 3.61. The van der Waals surface area contributed by atoms with E-state index in [1.807, 2.05) is 0 Å². The second-order valence-electron chi connectivity index (χ2n) is 2.45. The van der Waals surface area contributed by atoms with Crippen molar-refractivity contribution in [3.8, 4) is 5.75 Å². The van der Waals surface area contributed by atoms with Crippen LogP contribution in [-0.4, -0.2) is 15.9 Å². The minimum Gasteiger partial charge on any atom is -0.501 e. The van der Waals surface area contributed by atoms with Gasteiger partial charge in [-0.3, -0.25) is 14.9 Å². The highest BCUT2D eigenvalue weighted by Crippen LogP contribution is 2.31. The summed E-state index contributed by atoms with van der Waals surface area (Å²) in [5, 5.41) is 19.7. The van der Waals surface area contributed by atoms with Crippen molar-refractivity contribution in [2.24, 2.45) is 5.73 Å². The third-order valence-electron chi connectivity index (χ3n) is 1.52. The van der Waals surface area contributed by atoms with E-state index in [0.717, 1.165) is 6.07 Å². The largest absolute Gasteiger partial charge is 0.501 e. The lowest BCUT2D eigenvalue weighted by atomic mass is 10.2. The minimum absolute atomic E-state index is 0.00102. The number of amides is 1.